The number of carbonyl (C=O) groups is 2. The molecule has 0 saturated carbocycles. The third kappa shape index (κ3) is 12.4. The van der Waals surface area contributed by atoms with E-state index in [9.17, 15) is 19.2 Å². The molecular weight excluding hydrogens is 992 g/mol. The molecule has 4 atom stereocenters. The predicted octanol–water partition coefficient (Wildman–Crippen LogP) is 7.55. The number of anilines is 6. The van der Waals surface area contributed by atoms with Gasteiger partial charge in [0.1, 0.15) is 10.0 Å². The number of benzene rings is 2. The van der Waals surface area contributed by atoms with Gasteiger partial charge in [0.05, 0.1) is 47.8 Å². The van der Waals surface area contributed by atoms with Crippen molar-refractivity contribution < 1.29 is 28.5 Å². The number of pyridine rings is 2. The highest BCUT2D eigenvalue weighted by Crippen LogP contribution is 2.32. The van der Waals surface area contributed by atoms with Crippen molar-refractivity contribution in [3.8, 4) is 11.5 Å². The Bertz CT molecular complexity index is 3120. The molecule has 4 aromatic heterocycles. The van der Waals surface area contributed by atoms with Crippen LogP contribution in [-0.4, -0.2) is 118 Å². The molecule has 2 amide bonds. The fourth-order valence-electron chi connectivity index (χ4n) is 9.19. The molecule has 2 aromatic carbocycles. The topological polar surface area (TPSA) is 221 Å². The van der Waals surface area contributed by atoms with Crippen LogP contribution >= 0.6 is 23.2 Å². The number of ether oxygens (including phenoxy) is 4. The number of aromatic nitrogens is 6. The molecule has 0 radical (unpaired) electrons. The van der Waals surface area contributed by atoms with Gasteiger partial charge in [0.2, 0.25) is 11.9 Å². The Balaban J connectivity index is 0.892. The highest BCUT2D eigenvalue weighted by Gasteiger charge is 2.30. The summed E-state index contributed by atoms with van der Waals surface area (Å²) in [5.41, 5.74) is 2.03. The van der Waals surface area contributed by atoms with Gasteiger partial charge in [-0.1, -0.05) is 37.0 Å². The van der Waals surface area contributed by atoms with E-state index in [0.717, 1.165) is 12.8 Å². The number of hydrogen-bond acceptors (Lipinski definition) is 16. The molecule has 2 aliphatic heterocycles. The minimum atomic E-state index is -0.396. The van der Waals surface area contributed by atoms with E-state index in [1.165, 1.54) is 13.2 Å². The molecule has 2 fully saturated rings. The standard InChI is InChI=1S/C52H64Cl2N12O8/c1-9-36-24-64(25-37(10-2)74-36)52-58-22-40(54)48(62-52)60-35-12-14-42-33(18-35)20-44(50(70)66(42)30(5)6)72-28-46(68)56-16-15-38-26-63(23-31(7)73-38)51-57-21-39(53)47(61-51)59-34-11-13-41-32(17-34)19-43(71-27-45(67)55-8)49(69)65(41)29(3)4/h11-14,17-22,29-31,36-38H,9-10,15-16,23-28H2,1-8H3,(H,55,67)(H,56,68)(H,57,59,61)(H,58,60,62)/t31?,36-,37-,38?/m1/s1. The number of carbonyl (C=O) groups excluding carboxylic acids is 2. The van der Waals surface area contributed by atoms with Crippen molar-refractivity contribution in [2.24, 2.45) is 0 Å². The van der Waals surface area contributed by atoms with E-state index in [2.05, 4.69) is 50.0 Å². The number of morpholine rings is 2. The lowest BCUT2D eigenvalue weighted by Gasteiger charge is -2.37. The summed E-state index contributed by atoms with van der Waals surface area (Å²) in [5.74, 6) is 1.15. The van der Waals surface area contributed by atoms with Crippen molar-refractivity contribution in [3.63, 3.8) is 0 Å². The zero-order valence-electron chi connectivity index (χ0n) is 42.9. The highest BCUT2D eigenvalue weighted by atomic mass is 35.5. The first-order valence-corrected chi connectivity index (χ1v) is 25.8. The summed E-state index contributed by atoms with van der Waals surface area (Å²) in [6.45, 7) is 15.7. The second kappa shape index (κ2) is 23.6. The number of likely N-dealkylation sites (N-methyl/N-ethyl adjacent to an activating group) is 1. The second-order valence-electron chi connectivity index (χ2n) is 19.0. The maximum atomic E-state index is 13.8. The van der Waals surface area contributed by atoms with Crippen molar-refractivity contribution in [2.45, 2.75) is 104 Å². The molecule has 394 valence electrons. The van der Waals surface area contributed by atoms with E-state index < -0.39 is 5.91 Å². The number of fused-ring (bicyclic) bond motifs is 2. The Hall–Kier alpha value is -6.74. The Labute approximate surface area is 439 Å². The summed E-state index contributed by atoms with van der Waals surface area (Å²) in [5, 5.41) is 14.1. The zero-order chi connectivity index (χ0) is 52.8. The van der Waals surface area contributed by atoms with Gasteiger partial charge in [0.25, 0.3) is 22.9 Å². The van der Waals surface area contributed by atoms with Crippen LogP contribution in [0.1, 0.15) is 79.8 Å². The van der Waals surface area contributed by atoms with E-state index in [4.69, 9.17) is 52.1 Å². The van der Waals surface area contributed by atoms with E-state index in [-0.39, 0.29) is 84.8 Å². The summed E-state index contributed by atoms with van der Waals surface area (Å²) < 4.78 is 27.3. The molecule has 22 heteroatoms. The van der Waals surface area contributed by atoms with E-state index in [1.54, 1.807) is 27.5 Å². The monoisotopic (exact) mass is 1050 g/mol. The average Bonchev–Trinajstić information content (AvgIpc) is 3.38. The number of nitrogens with one attached hydrogen (secondary N) is 4. The predicted molar refractivity (Wildman–Crippen MR) is 289 cm³/mol. The summed E-state index contributed by atoms with van der Waals surface area (Å²) >= 11 is 13.3. The minimum Gasteiger partial charge on any atom is -0.478 e. The molecule has 0 aliphatic carbocycles. The number of hydrogen-bond donors (Lipinski definition) is 4. The third-order valence-corrected chi connectivity index (χ3v) is 13.4. The van der Waals surface area contributed by atoms with Gasteiger partial charge < -0.3 is 59.1 Å². The molecule has 2 saturated heterocycles. The van der Waals surface area contributed by atoms with Gasteiger partial charge in [-0.2, -0.15) is 9.97 Å². The minimum absolute atomic E-state index is 0.0389. The van der Waals surface area contributed by atoms with E-state index in [0.29, 0.717) is 99.4 Å². The normalized spacial score (nSPS) is 18.0. The van der Waals surface area contributed by atoms with Gasteiger partial charge in [-0.25, -0.2) is 9.97 Å². The quantitative estimate of drug-likeness (QED) is 0.0615. The fourth-order valence-corrected chi connectivity index (χ4v) is 9.46. The number of nitrogens with zero attached hydrogens (tertiary/aromatic N) is 8. The molecule has 0 spiro atoms. The smallest absolute Gasteiger partial charge is 0.293 e. The fraction of sp³-hybridized carbons (Fsp3) is 0.462. The van der Waals surface area contributed by atoms with Gasteiger partial charge in [0, 0.05) is 74.0 Å². The van der Waals surface area contributed by atoms with Crippen LogP contribution in [0.3, 0.4) is 0 Å². The van der Waals surface area contributed by atoms with Crippen LogP contribution in [0.2, 0.25) is 10.0 Å². The van der Waals surface area contributed by atoms with Crippen LogP contribution in [0.25, 0.3) is 21.8 Å². The SMILES string of the molecule is CC[C@@H]1CN(c2ncc(Cl)c(Nc3ccc4c(c3)cc(OCC(=O)NCCC3CN(c5ncc(Cl)c(Nc6ccc7c(c6)cc(OCC(=O)NC)c(=O)n7C(C)C)n5)CC(C)O3)c(=O)n4C(C)C)n2)C[C@@H](CC)O1. The second-order valence-corrected chi connectivity index (χ2v) is 19.9. The van der Waals surface area contributed by atoms with Gasteiger partial charge in [-0.15, -0.1) is 0 Å². The molecular formula is C52H64Cl2N12O8. The van der Waals surface area contributed by atoms with Gasteiger partial charge in [0.15, 0.2) is 36.3 Å². The van der Waals surface area contributed by atoms with Crippen LogP contribution in [-0.2, 0) is 19.1 Å². The summed E-state index contributed by atoms with van der Waals surface area (Å²) in [6, 6.07) is 14.0. The Kier molecular flexibility index (Phi) is 17.1. The lowest BCUT2D eigenvalue weighted by atomic mass is 10.1. The van der Waals surface area contributed by atoms with Crippen molar-refractivity contribution in [1.82, 2.24) is 39.7 Å². The molecule has 6 heterocycles. The van der Waals surface area contributed by atoms with Crippen LogP contribution in [0.4, 0.5) is 34.9 Å². The van der Waals surface area contributed by atoms with E-state index in [1.807, 2.05) is 75.9 Å². The Morgan fingerprint density at radius 2 is 1.16 bits per heavy atom. The summed E-state index contributed by atoms with van der Waals surface area (Å²) in [4.78, 5) is 75.1. The number of halogens is 2. The molecule has 2 unspecified atom stereocenters. The molecule has 8 rings (SSSR count). The van der Waals surface area contributed by atoms with Crippen molar-refractivity contribution in [3.05, 3.63) is 91.7 Å². The maximum absolute atomic E-state index is 13.8. The maximum Gasteiger partial charge on any atom is 0.293 e. The van der Waals surface area contributed by atoms with E-state index >= 15 is 0 Å². The molecule has 2 aliphatic rings. The summed E-state index contributed by atoms with van der Waals surface area (Å²) in [7, 11) is 1.50. The van der Waals surface area contributed by atoms with Gasteiger partial charge >= 0.3 is 0 Å². The molecule has 6 aromatic rings. The van der Waals surface area contributed by atoms with Gasteiger partial charge in [-0.05, 0) is 102 Å². The van der Waals surface area contributed by atoms with Crippen LogP contribution in [0, 0.1) is 0 Å². The van der Waals surface area contributed by atoms with Crippen LogP contribution in [0.15, 0.2) is 70.5 Å². The first kappa shape index (κ1) is 53.5. The Morgan fingerprint density at radius 1 is 0.689 bits per heavy atom. The lowest BCUT2D eigenvalue weighted by Crippen LogP contribution is -2.48. The lowest BCUT2D eigenvalue weighted by molar-refractivity contribution is -0.123. The Morgan fingerprint density at radius 3 is 1.64 bits per heavy atom. The first-order valence-electron chi connectivity index (χ1n) is 25.0. The first-order chi connectivity index (χ1) is 35.5. The van der Waals surface area contributed by atoms with Crippen molar-refractivity contribution in [2.75, 3.05) is 73.4 Å². The van der Waals surface area contributed by atoms with Crippen LogP contribution in [0.5, 0.6) is 11.5 Å². The zero-order valence-corrected chi connectivity index (χ0v) is 44.4. The van der Waals surface area contributed by atoms with Crippen molar-refractivity contribution in [1.29, 1.82) is 0 Å². The van der Waals surface area contributed by atoms with Gasteiger partial charge in [-0.3, -0.25) is 19.2 Å². The summed E-state index contributed by atoms with van der Waals surface area (Å²) in [6.07, 6.45) is 5.08. The van der Waals surface area contributed by atoms with Crippen LogP contribution < -0.4 is 51.7 Å². The average molecular weight is 1060 g/mol. The molecule has 20 nitrogen and oxygen atoms in total. The third-order valence-electron chi connectivity index (χ3n) is 12.8. The molecule has 0 bridgehead atoms. The van der Waals surface area contributed by atoms with Crippen molar-refractivity contribution >= 4 is 91.7 Å². The largest absolute Gasteiger partial charge is 0.478 e. The number of amides is 2. The molecule has 74 heavy (non-hydrogen) atoms. The highest BCUT2D eigenvalue weighted by molar-refractivity contribution is 6.33. The molecule has 4 N–H and O–H groups in total. The number of rotatable bonds is 19.